The molecular formula is C55H67F4N9O6. The van der Waals surface area contributed by atoms with Crippen molar-refractivity contribution in [2.45, 2.75) is 139 Å². The Labute approximate surface area is 429 Å². The van der Waals surface area contributed by atoms with E-state index in [0.29, 0.717) is 60.3 Å². The third-order valence-electron chi connectivity index (χ3n) is 16.6. The van der Waals surface area contributed by atoms with Gasteiger partial charge in [0.25, 0.3) is 11.8 Å². The summed E-state index contributed by atoms with van der Waals surface area (Å²) in [5.74, 6) is -1.14. The van der Waals surface area contributed by atoms with Crippen LogP contribution in [-0.4, -0.2) is 130 Å². The number of aromatic nitrogens is 3. The molecule has 0 radical (unpaired) electrons. The van der Waals surface area contributed by atoms with E-state index in [-0.39, 0.29) is 65.2 Å². The number of halogens is 4. The van der Waals surface area contributed by atoms with Gasteiger partial charge in [-0.3, -0.25) is 29.4 Å². The minimum absolute atomic E-state index is 0.0417. The molecule has 6 aliphatic heterocycles. The average molecular weight is 1030 g/mol. The lowest BCUT2D eigenvalue weighted by Crippen LogP contribution is -2.57. The lowest BCUT2D eigenvalue weighted by molar-refractivity contribution is -0.139. The molecule has 15 nitrogen and oxygen atoms in total. The first-order valence-corrected chi connectivity index (χ1v) is 26.2. The van der Waals surface area contributed by atoms with Crippen LogP contribution in [0.5, 0.6) is 0 Å². The number of piperidine rings is 2. The van der Waals surface area contributed by atoms with Crippen molar-refractivity contribution in [2.75, 3.05) is 62.8 Å². The van der Waals surface area contributed by atoms with Crippen LogP contribution in [-0.2, 0) is 57.2 Å². The van der Waals surface area contributed by atoms with E-state index in [9.17, 15) is 32.3 Å². The molecule has 396 valence electrons. The van der Waals surface area contributed by atoms with Crippen LogP contribution in [0.2, 0.25) is 0 Å². The second-order valence-electron chi connectivity index (χ2n) is 22.2. The zero-order valence-corrected chi connectivity index (χ0v) is 43.0. The number of hydrogen-bond donors (Lipinski definition) is 1. The first kappa shape index (κ1) is 51.7. The van der Waals surface area contributed by atoms with E-state index >= 15 is 4.39 Å². The molecule has 0 spiro atoms. The summed E-state index contributed by atoms with van der Waals surface area (Å²) in [7, 11) is 3.94. The average Bonchev–Trinajstić information content (AvgIpc) is 4.00. The second-order valence-corrected chi connectivity index (χ2v) is 22.2. The molecule has 1 aromatic heterocycles. The fourth-order valence-electron chi connectivity index (χ4n) is 12.4. The Balaban J connectivity index is 0.000000175. The maximum absolute atomic E-state index is 15.5. The fraction of sp³-hybridized carbons (Fsp3) is 0.564. The minimum atomic E-state index is -4.59. The van der Waals surface area contributed by atoms with Gasteiger partial charge in [-0.15, -0.1) is 10.2 Å². The number of nitrogens with zero attached hydrogens (tertiary/aromatic N) is 8. The van der Waals surface area contributed by atoms with Crippen molar-refractivity contribution >= 4 is 35.0 Å². The first-order chi connectivity index (χ1) is 35.3. The summed E-state index contributed by atoms with van der Waals surface area (Å²) >= 11 is 0. The van der Waals surface area contributed by atoms with Crippen molar-refractivity contribution < 1.29 is 46.2 Å². The van der Waals surface area contributed by atoms with E-state index in [1.807, 2.05) is 34.7 Å². The van der Waals surface area contributed by atoms with E-state index in [1.165, 1.54) is 35.1 Å². The summed E-state index contributed by atoms with van der Waals surface area (Å²) < 4.78 is 72.9. The summed E-state index contributed by atoms with van der Waals surface area (Å²) in [4.78, 5) is 59.8. The SMILES string of the molecule is CC1c2c(cc(CN3CCN(C)CC3(C)C)cc2C(F)(F)F)C(=O)N1c1cccc(C2(Cc3nncn3C)COC2)c1.O=C1CCC(N2Cc3c(ccc(N4CCC(OC5CCCCC5)CC4)c3F)C2=O)C(=O)N1. The molecule has 74 heavy (non-hydrogen) atoms. The summed E-state index contributed by atoms with van der Waals surface area (Å²) in [6.07, 6.45) is 6.56. The molecule has 4 aromatic rings. The van der Waals surface area contributed by atoms with Crippen LogP contribution in [0.1, 0.15) is 139 Å². The third kappa shape index (κ3) is 10.1. The number of ether oxygens (including phenoxy) is 2. The molecule has 4 amide bonds. The largest absolute Gasteiger partial charge is 0.416 e. The molecule has 19 heteroatoms. The number of imide groups is 1. The van der Waals surface area contributed by atoms with Gasteiger partial charge in [0.15, 0.2) is 5.82 Å². The molecule has 4 saturated heterocycles. The number of benzene rings is 3. The molecule has 7 aliphatic rings. The van der Waals surface area contributed by atoms with Crippen LogP contribution in [0, 0.1) is 5.82 Å². The highest BCUT2D eigenvalue weighted by Gasteiger charge is 2.47. The summed E-state index contributed by atoms with van der Waals surface area (Å²) in [6, 6.07) is 12.3. The van der Waals surface area contributed by atoms with Crippen molar-refractivity contribution in [3.05, 3.63) is 105 Å². The molecule has 3 aromatic carbocycles. The Kier molecular flexibility index (Phi) is 14.3. The predicted molar refractivity (Wildman–Crippen MR) is 268 cm³/mol. The number of carbonyl (C=O) groups is 4. The van der Waals surface area contributed by atoms with Crippen LogP contribution < -0.4 is 15.1 Å². The maximum atomic E-state index is 15.5. The molecule has 1 aliphatic carbocycles. The number of likely N-dealkylation sites (N-methyl/N-ethyl adjacent to an activating group) is 1. The number of piperazine rings is 1. The first-order valence-electron chi connectivity index (χ1n) is 26.2. The number of carbonyl (C=O) groups excluding carboxylic acids is 4. The van der Waals surface area contributed by atoms with Gasteiger partial charge in [0.1, 0.15) is 18.2 Å². The zero-order valence-electron chi connectivity index (χ0n) is 43.0. The van der Waals surface area contributed by atoms with Gasteiger partial charge >= 0.3 is 6.18 Å². The van der Waals surface area contributed by atoms with E-state index < -0.39 is 35.6 Å². The van der Waals surface area contributed by atoms with Crippen LogP contribution in [0.15, 0.2) is 54.9 Å². The summed E-state index contributed by atoms with van der Waals surface area (Å²) in [5.41, 5.74) is 2.08. The fourth-order valence-corrected chi connectivity index (χ4v) is 12.4. The van der Waals surface area contributed by atoms with E-state index in [4.69, 9.17) is 9.47 Å². The molecule has 2 atom stereocenters. The van der Waals surface area contributed by atoms with Gasteiger partial charge in [0, 0.05) is 92.5 Å². The third-order valence-corrected chi connectivity index (χ3v) is 16.6. The van der Waals surface area contributed by atoms with Crippen LogP contribution >= 0.6 is 0 Å². The Morgan fingerprint density at radius 1 is 0.865 bits per heavy atom. The van der Waals surface area contributed by atoms with E-state index in [0.717, 1.165) is 69.8 Å². The lowest BCUT2D eigenvalue weighted by atomic mass is 9.75. The van der Waals surface area contributed by atoms with Gasteiger partial charge in [-0.25, -0.2) is 4.39 Å². The molecule has 5 fully saturated rings. The standard InChI is InChI=1S/C31H37F3N6O2.C24H30FN3O4/c1-20-27-24(11-21(12-25(27)31(32,33)34)15-39-10-9-37(4)16-29(39,2)3)28(41)40(20)23-8-6-7-22(13-23)30(17-42-18-30)14-26-36-35-19-38(26)5;25-22-18-14-28(20-8-9-21(29)26-23(20)30)24(31)17(18)6-7-19(22)27-12-10-16(11-13-27)32-15-4-2-1-3-5-15/h6-8,11-13,19-20H,9-10,14-18H2,1-5H3;6-7,15-16,20H,1-5,8-14H2,(H,26,29,30). The Morgan fingerprint density at radius 2 is 1.61 bits per heavy atom. The number of amides is 4. The maximum Gasteiger partial charge on any atom is 0.416 e. The highest BCUT2D eigenvalue weighted by atomic mass is 19.4. The number of alkyl halides is 3. The molecule has 7 heterocycles. The molecule has 1 N–H and O–H groups in total. The summed E-state index contributed by atoms with van der Waals surface area (Å²) in [5, 5.41) is 10.5. The number of fused-ring (bicyclic) bond motifs is 2. The van der Waals surface area contributed by atoms with Gasteiger partial charge in [-0.1, -0.05) is 31.4 Å². The van der Waals surface area contributed by atoms with Crippen molar-refractivity contribution in [1.82, 2.24) is 34.8 Å². The molecule has 1 saturated carbocycles. The minimum Gasteiger partial charge on any atom is -0.379 e. The van der Waals surface area contributed by atoms with Crippen molar-refractivity contribution in [2.24, 2.45) is 7.05 Å². The smallest absolute Gasteiger partial charge is 0.379 e. The number of rotatable bonds is 10. The quantitative estimate of drug-likeness (QED) is 0.125. The molecule has 0 bridgehead atoms. The molecule has 2 unspecified atom stereocenters. The number of nitrogens with one attached hydrogen (secondary N) is 1. The number of anilines is 2. The second kappa shape index (κ2) is 20.4. The van der Waals surface area contributed by atoms with Gasteiger partial charge in [-0.2, -0.15) is 13.2 Å². The van der Waals surface area contributed by atoms with Gasteiger partial charge in [0.2, 0.25) is 11.8 Å². The summed E-state index contributed by atoms with van der Waals surface area (Å²) in [6.45, 7) is 11.1. The number of hydrogen-bond acceptors (Lipinski definition) is 11. The van der Waals surface area contributed by atoms with Crippen molar-refractivity contribution in [3.63, 3.8) is 0 Å². The van der Waals surface area contributed by atoms with Crippen LogP contribution in [0.4, 0.5) is 28.9 Å². The van der Waals surface area contributed by atoms with Crippen molar-refractivity contribution in [1.29, 1.82) is 0 Å². The highest BCUT2D eigenvalue weighted by molar-refractivity contribution is 6.11. The predicted octanol–water partition coefficient (Wildman–Crippen LogP) is 7.50. The van der Waals surface area contributed by atoms with Gasteiger partial charge in [0.05, 0.1) is 49.3 Å². The van der Waals surface area contributed by atoms with Crippen molar-refractivity contribution in [3.8, 4) is 0 Å². The van der Waals surface area contributed by atoms with E-state index in [2.05, 4.69) is 46.2 Å². The molecular weight excluding hydrogens is 959 g/mol. The van der Waals surface area contributed by atoms with Crippen LogP contribution in [0.25, 0.3) is 0 Å². The highest BCUT2D eigenvalue weighted by Crippen LogP contribution is 2.47. The topological polar surface area (TPSA) is 146 Å². The van der Waals surface area contributed by atoms with Crippen LogP contribution in [0.3, 0.4) is 0 Å². The normalized spacial score (nSPS) is 23.6. The lowest BCUT2D eigenvalue weighted by Gasteiger charge is -2.46. The zero-order chi connectivity index (χ0) is 52.3. The van der Waals surface area contributed by atoms with E-state index in [1.54, 1.807) is 37.5 Å². The Hall–Kier alpha value is -5.76. The number of aryl methyl sites for hydroxylation is 1. The monoisotopic (exact) mass is 1030 g/mol. The van der Waals surface area contributed by atoms with Gasteiger partial charge in [-0.05, 0) is 113 Å². The molecule has 11 rings (SSSR count). The van der Waals surface area contributed by atoms with Gasteiger partial charge < -0.3 is 33.6 Å². The Bertz CT molecular complexity index is 2800. The Morgan fingerprint density at radius 3 is 2.27 bits per heavy atom.